The molecule has 0 aromatic heterocycles. The van der Waals surface area contributed by atoms with E-state index in [-0.39, 0.29) is 5.97 Å². The van der Waals surface area contributed by atoms with Crippen molar-refractivity contribution in [2.24, 2.45) is 11.8 Å². The molecule has 0 aromatic rings. The predicted octanol–water partition coefficient (Wildman–Crippen LogP) is 4.88. The molecule has 0 atom stereocenters. The van der Waals surface area contributed by atoms with Crippen LogP contribution in [0.2, 0.25) is 0 Å². The van der Waals surface area contributed by atoms with E-state index in [4.69, 9.17) is 4.74 Å². The summed E-state index contributed by atoms with van der Waals surface area (Å²) in [5, 5.41) is 0. The summed E-state index contributed by atoms with van der Waals surface area (Å²) in [6.07, 6.45) is 11.6. The minimum absolute atomic E-state index is 0.186. The molecule has 2 nitrogen and oxygen atoms in total. The average Bonchev–Trinajstić information content (AvgIpc) is 2.44. The zero-order chi connectivity index (χ0) is 14.1. The van der Waals surface area contributed by atoms with Gasteiger partial charge in [-0.3, -0.25) is 0 Å². The van der Waals surface area contributed by atoms with Gasteiger partial charge in [-0.2, -0.15) is 0 Å². The van der Waals surface area contributed by atoms with Crippen molar-refractivity contribution in [3.63, 3.8) is 0 Å². The van der Waals surface area contributed by atoms with E-state index in [2.05, 4.69) is 13.5 Å². The van der Waals surface area contributed by atoms with E-state index >= 15 is 0 Å². The topological polar surface area (TPSA) is 26.3 Å². The predicted molar refractivity (Wildman–Crippen MR) is 80.0 cm³/mol. The Hall–Kier alpha value is -0.790. The van der Waals surface area contributed by atoms with Crippen molar-refractivity contribution in [1.82, 2.24) is 0 Å². The Morgan fingerprint density at radius 1 is 1.11 bits per heavy atom. The molecule has 0 heterocycles. The van der Waals surface area contributed by atoms with E-state index in [1.54, 1.807) is 0 Å². The first-order valence-corrected chi connectivity index (χ1v) is 8.04. The van der Waals surface area contributed by atoms with Crippen molar-refractivity contribution in [2.75, 3.05) is 6.61 Å². The SMILES string of the molecule is C=C(C(=O)OCC)C1CCC(CCCCCC)CC1. The van der Waals surface area contributed by atoms with E-state index in [9.17, 15) is 4.79 Å². The number of unbranched alkanes of at least 4 members (excludes halogenated alkanes) is 3. The summed E-state index contributed by atoms with van der Waals surface area (Å²) in [6, 6.07) is 0. The third-order valence-electron chi connectivity index (χ3n) is 4.34. The van der Waals surface area contributed by atoms with Crippen LogP contribution in [0.15, 0.2) is 12.2 Å². The van der Waals surface area contributed by atoms with Gasteiger partial charge in [0.2, 0.25) is 0 Å². The summed E-state index contributed by atoms with van der Waals surface area (Å²) >= 11 is 0. The Balaban J connectivity index is 2.21. The van der Waals surface area contributed by atoms with Crippen LogP contribution in [-0.4, -0.2) is 12.6 Å². The fourth-order valence-electron chi connectivity index (χ4n) is 3.05. The smallest absolute Gasteiger partial charge is 0.333 e. The van der Waals surface area contributed by atoms with Crippen LogP contribution in [0, 0.1) is 11.8 Å². The highest BCUT2D eigenvalue weighted by Gasteiger charge is 2.26. The van der Waals surface area contributed by atoms with Gasteiger partial charge in [-0.1, -0.05) is 45.6 Å². The van der Waals surface area contributed by atoms with Gasteiger partial charge < -0.3 is 4.74 Å². The Morgan fingerprint density at radius 2 is 1.79 bits per heavy atom. The molecule has 19 heavy (non-hydrogen) atoms. The number of rotatable bonds is 8. The molecule has 1 saturated carbocycles. The number of carbonyl (C=O) groups is 1. The summed E-state index contributed by atoms with van der Waals surface area (Å²) in [6.45, 7) is 8.48. The fourth-order valence-corrected chi connectivity index (χ4v) is 3.05. The van der Waals surface area contributed by atoms with E-state index < -0.39 is 0 Å². The minimum Gasteiger partial charge on any atom is -0.463 e. The molecular weight excluding hydrogens is 236 g/mol. The zero-order valence-corrected chi connectivity index (χ0v) is 12.7. The lowest BCUT2D eigenvalue weighted by atomic mass is 9.77. The molecule has 0 aromatic carbocycles. The normalized spacial score (nSPS) is 23.1. The lowest BCUT2D eigenvalue weighted by Crippen LogP contribution is -2.21. The van der Waals surface area contributed by atoms with Crippen LogP contribution in [0.4, 0.5) is 0 Å². The van der Waals surface area contributed by atoms with E-state index in [1.807, 2.05) is 6.92 Å². The standard InChI is InChI=1S/C17H30O2/c1-4-6-7-8-9-15-10-12-16(13-11-15)14(3)17(18)19-5-2/h15-16H,3-13H2,1-2H3. The molecule has 0 aliphatic heterocycles. The third kappa shape index (κ3) is 5.80. The lowest BCUT2D eigenvalue weighted by molar-refractivity contribution is -0.139. The van der Waals surface area contributed by atoms with Gasteiger partial charge in [0.25, 0.3) is 0 Å². The quantitative estimate of drug-likeness (QED) is 0.355. The van der Waals surface area contributed by atoms with Crippen molar-refractivity contribution in [2.45, 2.75) is 71.6 Å². The maximum absolute atomic E-state index is 11.6. The molecule has 0 unspecified atom stereocenters. The highest BCUT2D eigenvalue weighted by Crippen LogP contribution is 2.35. The first-order valence-electron chi connectivity index (χ1n) is 8.04. The Kier molecular flexibility index (Phi) is 7.85. The minimum atomic E-state index is -0.186. The molecule has 2 heteroatoms. The number of ether oxygens (including phenoxy) is 1. The molecule has 0 amide bonds. The molecule has 1 aliphatic rings. The van der Waals surface area contributed by atoms with Gasteiger partial charge in [0.15, 0.2) is 0 Å². The van der Waals surface area contributed by atoms with Crippen LogP contribution >= 0.6 is 0 Å². The molecule has 0 radical (unpaired) electrons. The van der Waals surface area contributed by atoms with E-state index in [0.717, 1.165) is 18.8 Å². The van der Waals surface area contributed by atoms with Gasteiger partial charge in [-0.25, -0.2) is 4.79 Å². The lowest BCUT2D eigenvalue weighted by Gasteiger charge is -2.29. The second-order valence-electron chi connectivity index (χ2n) is 5.81. The summed E-state index contributed by atoms with van der Waals surface area (Å²) in [4.78, 5) is 11.6. The Bertz CT molecular complexity index is 275. The summed E-state index contributed by atoms with van der Waals surface area (Å²) in [5.74, 6) is 1.06. The maximum Gasteiger partial charge on any atom is 0.333 e. The second-order valence-corrected chi connectivity index (χ2v) is 5.81. The highest BCUT2D eigenvalue weighted by molar-refractivity contribution is 5.88. The second kappa shape index (κ2) is 9.17. The van der Waals surface area contributed by atoms with Crippen LogP contribution in [0.3, 0.4) is 0 Å². The number of hydrogen-bond donors (Lipinski definition) is 0. The third-order valence-corrected chi connectivity index (χ3v) is 4.34. The van der Waals surface area contributed by atoms with E-state index in [0.29, 0.717) is 18.1 Å². The molecule has 1 fully saturated rings. The van der Waals surface area contributed by atoms with Crippen LogP contribution < -0.4 is 0 Å². The molecular formula is C17H30O2. The molecule has 1 rings (SSSR count). The molecule has 0 N–H and O–H groups in total. The van der Waals surface area contributed by atoms with Crippen molar-refractivity contribution in [3.05, 3.63) is 12.2 Å². The van der Waals surface area contributed by atoms with Gasteiger partial charge in [0, 0.05) is 5.57 Å². The number of carbonyl (C=O) groups excluding carboxylic acids is 1. The van der Waals surface area contributed by atoms with Crippen LogP contribution in [-0.2, 0) is 9.53 Å². The Morgan fingerprint density at radius 3 is 2.37 bits per heavy atom. The van der Waals surface area contributed by atoms with Gasteiger partial charge in [-0.15, -0.1) is 0 Å². The van der Waals surface area contributed by atoms with Crippen molar-refractivity contribution in [3.8, 4) is 0 Å². The zero-order valence-electron chi connectivity index (χ0n) is 12.7. The van der Waals surface area contributed by atoms with E-state index in [1.165, 1.54) is 44.9 Å². The average molecular weight is 266 g/mol. The van der Waals surface area contributed by atoms with Crippen molar-refractivity contribution >= 4 is 5.97 Å². The molecule has 1 aliphatic carbocycles. The molecule has 110 valence electrons. The van der Waals surface area contributed by atoms with Gasteiger partial charge in [0.05, 0.1) is 6.61 Å². The van der Waals surface area contributed by atoms with Gasteiger partial charge in [-0.05, 0) is 44.4 Å². The molecule has 0 spiro atoms. The summed E-state index contributed by atoms with van der Waals surface area (Å²) in [5.41, 5.74) is 0.700. The van der Waals surface area contributed by atoms with Gasteiger partial charge in [0.1, 0.15) is 0 Å². The number of esters is 1. The first-order chi connectivity index (χ1) is 9.19. The summed E-state index contributed by atoms with van der Waals surface area (Å²) < 4.78 is 5.04. The van der Waals surface area contributed by atoms with Crippen molar-refractivity contribution < 1.29 is 9.53 Å². The largest absolute Gasteiger partial charge is 0.463 e. The van der Waals surface area contributed by atoms with Crippen LogP contribution in [0.1, 0.15) is 71.6 Å². The molecule has 0 saturated heterocycles. The van der Waals surface area contributed by atoms with Gasteiger partial charge >= 0.3 is 5.97 Å². The van der Waals surface area contributed by atoms with Crippen LogP contribution in [0.5, 0.6) is 0 Å². The van der Waals surface area contributed by atoms with Crippen LogP contribution in [0.25, 0.3) is 0 Å². The highest BCUT2D eigenvalue weighted by atomic mass is 16.5. The Labute approximate surface area is 118 Å². The maximum atomic E-state index is 11.6. The molecule has 0 bridgehead atoms. The fraction of sp³-hybridized carbons (Fsp3) is 0.824. The monoisotopic (exact) mass is 266 g/mol. The summed E-state index contributed by atoms with van der Waals surface area (Å²) in [7, 11) is 0. The van der Waals surface area contributed by atoms with Crippen molar-refractivity contribution in [1.29, 1.82) is 0 Å². The number of hydrogen-bond acceptors (Lipinski definition) is 2. The first kappa shape index (κ1) is 16.3.